The van der Waals surface area contributed by atoms with Gasteiger partial charge < -0.3 is 10.1 Å². The fourth-order valence-corrected chi connectivity index (χ4v) is 2.36. The zero-order valence-electron chi connectivity index (χ0n) is 12.2. The lowest BCUT2D eigenvalue weighted by atomic mass is 10.1. The van der Waals surface area contributed by atoms with Crippen molar-refractivity contribution < 1.29 is 9.53 Å². The van der Waals surface area contributed by atoms with Crippen LogP contribution in [0.4, 0.5) is 0 Å². The maximum atomic E-state index is 12.1. The van der Waals surface area contributed by atoms with E-state index in [9.17, 15) is 4.79 Å². The number of carbonyl (C=O) groups excluding carboxylic acids is 1. The highest BCUT2D eigenvalue weighted by molar-refractivity contribution is 9.10. The fraction of sp³-hybridized carbons (Fsp3) is 0.235. The molecular formula is C17H18BrNO2. The van der Waals surface area contributed by atoms with Crippen molar-refractivity contribution >= 4 is 21.8 Å². The molecule has 1 N–H and O–H groups in total. The lowest BCUT2D eigenvalue weighted by molar-refractivity contribution is 0.0954. The summed E-state index contributed by atoms with van der Waals surface area (Å²) >= 11 is 3.44. The van der Waals surface area contributed by atoms with Crippen molar-refractivity contribution in [1.82, 2.24) is 5.32 Å². The first kappa shape index (κ1) is 15.6. The van der Waals surface area contributed by atoms with Crippen molar-refractivity contribution in [3.05, 3.63) is 63.6 Å². The number of methoxy groups -OCH3 is 1. The summed E-state index contributed by atoms with van der Waals surface area (Å²) in [4.78, 5) is 12.1. The highest BCUT2D eigenvalue weighted by Gasteiger charge is 2.06. The van der Waals surface area contributed by atoms with Crippen LogP contribution < -0.4 is 10.1 Å². The minimum atomic E-state index is -0.0569. The molecule has 0 radical (unpaired) electrons. The summed E-state index contributed by atoms with van der Waals surface area (Å²) in [5, 5.41) is 2.93. The van der Waals surface area contributed by atoms with Crippen LogP contribution in [0.5, 0.6) is 5.75 Å². The molecule has 21 heavy (non-hydrogen) atoms. The van der Waals surface area contributed by atoms with E-state index >= 15 is 0 Å². The van der Waals surface area contributed by atoms with Crippen LogP contribution in [0.3, 0.4) is 0 Å². The van der Waals surface area contributed by atoms with Crippen LogP contribution in [-0.2, 0) is 6.42 Å². The Bertz CT molecular complexity index is 640. The molecule has 0 unspecified atom stereocenters. The highest BCUT2D eigenvalue weighted by Crippen LogP contribution is 2.17. The summed E-state index contributed by atoms with van der Waals surface area (Å²) in [5.74, 6) is 0.778. The lowest BCUT2D eigenvalue weighted by Crippen LogP contribution is -2.25. The predicted octanol–water partition coefficient (Wildman–Crippen LogP) is 3.74. The molecule has 1 amide bonds. The molecule has 0 aliphatic heterocycles. The predicted molar refractivity (Wildman–Crippen MR) is 87.9 cm³/mol. The Hall–Kier alpha value is -1.81. The standard InChI is InChI=1S/C17H18BrNO2/c1-12-6-7-14(11-16(12)18)17(20)19-9-8-13-4-3-5-15(10-13)21-2/h3-7,10-11H,8-9H2,1-2H3,(H,19,20). The van der Waals surface area contributed by atoms with E-state index in [0.717, 1.165) is 27.8 Å². The van der Waals surface area contributed by atoms with Crippen LogP contribution in [0.2, 0.25) is 0 Å². The van der Waals surface area contributed by atoms with Crippen molar-refractivity contribution in [2.24, 2.45) is 0 Å². The molecule has 2 rings (SSSR count). The van der Waals surface area contributed by atoms with Gasteiger partial charge in [0.15, 0.2) is 0 Å². The third kappa shape index (κ3) is 4.33. The van der Waals surface area contributed by atoms with Gasteiger partial charge in [-0.05, 0) is 48.7 Å². The Morgan fingerprint density at radius 1 is 1.24 bits per heavy atom. The number of amides is 1. The zero-order valence-corrected chi connectivity index (χ0v) is 13.7. The molecule has 3 nitrogen and oxygen atoms in total. The average molecular weight is 348 g/mol. The Kier molecular flexibility index (Phi) is 5.39. The summed E-state index contributed by atoms with van der Waals surface area (Å²) in [7, 11) is 1.65. The van der Waals surface area contributed by atoms with Crippen LogP contribution in [-0.4, -0.2) is 19.6 Å². The zero-order chi connectivity index (χ0) is 15.2. The summed E-state index contributed by atoms with van der Waals surface area (Å²) in [6, 6.07) is 13.5. The minimum absolute atomic E-state index is 0.0569. The molecule has 0 aromatic heterocycles. The molecule has 0 atom stereocenters. The summed E-state index contributed by atoms with van der Waals surface area (Å²) in [6.45, 7) is 2.59. The molecule has 0 heterocycles. The third-order valence-corrected chi connectivity index (χ3v) is 4.12. The van der Waals surface area contributed by atoms with Gasteiger partial charge in [0, 0.05) is 16.6 Å². The normalized spacial score (nSPS) is 10.2. The Labute approximate surface area is 133 Å². The van der Waals surface area contributed by atoms with Gasteiger partial charge in [-0.15, -0.1) is 0 Å². The molecule has 0 bridgehead atoms. The van der Waals surface area contributed by atoms with Gasteiger partial charge in [-0.25, -0.2) is 0 Å². The Morgan fingerprint density at radius 3 is 2.76 bits per heavy atom. The van der Waals surface area contributed by atoms with E-state index in [1.807, 2.05) is 49.4 Å². The average Bonchev–Trinajstić information content (AvgIpc) is 2.50. The van der Waals surface area contributed by atoms with Crippen LogP contribution in [0, 0.1) is 6.92 Å². The number of nitrogens with one attached hydrogen (secondary N) is 1. The van der Waals surface area contributed by atoms with Gasteiger partial charge in [0.2, 0.25) is 0 Å². The van der Waals surface area contributed by atoms with Gasteiger partial charge in [-0.3, -0.25) is 4.79 Å². The number of hydrogen-bond acceptors (Lipinski definition) is 2. The third-order valence-electron chi connectivity index (χ3n) is 3.27. The smallest absolute Gasteiger partial charge is 0.251 e. The fourth-order valence-electron chi connectivity index (χ4n) is 1.98. The molecule has 0 fully saturated rings. The monoisotopic (exact) mass is 347 g/mol. The number of aryl methyl sites for hydroxylation is 1. The maximum absolute atomic E-state index is 12.1. The van der Waals surface area contributed by atoms with E-state index in [1.54, 1.807) is 7.11 Å². The SMILES string of the molecule is COc1cccc(CCNC(=O)c2ccc(C)c(Br)c2)c1. The molecule has 0 spiro atoms. The Balaban J connectivity index is 1.90. The van der Waals surface area contributed by atoms with Gasteiger partial charge >= 0.3 is 0 Å². The molecule has 0 aliphatic rings. The molecule has 2 aromatic rings. The first-order chi connectivity index (χ1) is 10.1. The molecule has 4 heteroatoms. The van der Waals surface area contributed by atoms with E-state index < -0.39 is 0 Å². The van der Waals surface area contributed by atoms with Crippen LogP contribution >= 0.6 is 15.9 Å². The second-order valence-electron chi connectivity index (χ2n) is 4.82. The highest BCUT2D eigenvalue weighted by atomic mass is 79.9. The van der Waals surface area contributed by atoms with E-state index in [-0.39, 0.29) is 5.91 Å². The molecule has 0 saturated carbocycles. The second-order valence-corrected chi connectivity index (χ2v) is 5.68. The first-order valence-electron chi connectivity index (χ1n) is 6.77. The number of hydrogen-bond donors (Lipinski definition) is 1. The van der Waals surface area contributed by atoms with Gasteiger partial charge in [-0.1, -0.05) is 34.1 Å². The first-order valence-corrected chi connectivity index (χ1v) is 7.56. The van der Waals surface area contributed by atoms with Crippen LogP contribution in [0.1, 0.15) is 21.5 Å². The molecule has 110 valence electrons. The maximum Gasteiger partial charge on any atom is 0.251 e. The molecule has 0 aliphatic carbocycles. The largest absolute Gasteiger partial charge is 0.497 e. The van der Waals surface area contributed by atoms with Crippen LogP contribution in [0.15, 0.2) is 46.9 Å². The number of ether oxygens (including phenoxy) is 1. The topological polar surface area (TPSA) is 38.3 Å². The van der Waals surface area contributed by atoms with Crippen LogP contribution in [0.25, 0.3) is 0 Å². The lowest BCUT2D eigenvalue weighted by Gasteiger charge is -2.08. The summed E-state index contributed by atoms with van der Waals surface area (Å²) in [5.41, 5.74) is 2.92. The van der Waals surface area contributed by atoms with E-state index in [1.165, 1.54) is 0 Å². The number of halogens is 1. The molecule has 2 aromatic carbocycles. The summed E-state index contributed by atoms with van der Waals surface area (Å²) < 4.78 is 6.13. The van der Waals surface area contributed by atoms with Gasteiger partial charge in [0.1, 0.15) is 5.75 Å². The van der Waals surface area contributed by atoms with E-state index in [4.69, 9.17) is 4.74 Å². The number of rotatable bonds is 5. The van der Waals surface area contributed by atoms with Gasteiger partial charge in [-0.2, -0.15) is 0 Å². The van der Waals surface area contributed by atoms with E-state index in [0.29, 0.717) is 12.1 Å². The second kappa shape index (κ2) is 7.27. The van der Waals surface area contributed by atoms with E-state index in [2.05, 4.69) is 21.2 Å². The number of carbonyl (C=O) groups is 1. The molecular weight excluding hydrogens is 330 g/mol. The summed E-state index contributed by atoms with van der Waals surface area (Å²) in [6.07, 6.45) is 0.774. The van der Waals surface area contributed by atoms with Crippen molar-refractivity contribution in [3.63, 3.8) is 0 Å². The van der Waals surface area contributed by atoms with Gasteiger partial charge in [0.25, 0.3) is 5.91 Å². The van der Waals surface area contributed by atoms with Crippen molar-refractivity contribution in [2.45, 2.75) is 13.3 Å². The van der Waals surface area contributed by atoms with Crippen molar-refractivity contribution in [2.75, 3.05) is 13.7 Å². The number of benzene rings is 2. The minimum Gasteiger partial charge on any atom is -0.497 e. The van der Waals surface area contributed by atoms with Crippen molar-refractivity contribution in [1.29, 1.82) is 0 Å². The Morgan fingerprint density at radius 2 is 2.05 bits per heavy atom. The molecule has 0 saturated heterocycles. The van der Waals surface area contributed by atoms with Crippen molar-refractivity contribution in [3.8, 4) is 5.75 Å². The quantitative estimate of drug-likeness (QED) is 0.894. The van der Waals surface area contributed by atoms with Gasteiger partial charge in [0.05, 0.1) is 7.11 Å².